The van der Waals surface area contributed by atoms with Gasteiger partial charge in [0.1, 0.15) is 17.1 Å². The van der Waals surface area contributed by atoms with E-state index in [0.717, 1.165) is 4.90 Å². The Bertz CT molecular complexity index is 878. The smallest absolute Gasteiger partial charge is 0.325 e. The van der Waals surface area contributed by atoms with E-state index in [1.54, 1.807) is 51.1 Å². The van der Waals surface area contributed by atoms with Crippen LogP contribution in [0.15, 0.2) is 34.7 Å². The maximum absolute atomic E-state index is 12.9. The van der Waals surface area contributed by atoms with Crippen LogP contribution in [0.4, 0.5) is 4.79 Å². The van der Waals surface area contributed by atoms with E-state index in [1.807, 2.05) is 0 Å². The van der Waals surface area contributed by atoms with Gasteiger partial charge in [0, 0.05) is 5.56 Å². The molecule has 6 heteroatoms. The van der Waals surface area contributed by atoms with E-state index in [2.05, 4.69) is 11.4 Å². The Morgan fingerprint density at radius 2 is 2.00 bits per heavy atom. The first-order valence-electron chi connectivity index (χ1n) is 7.56. The van der Waals surface area contributed by atoms with Crippen LogP contribution in [-0.4, -0.2) is 16.8 Å². The summed E-state index contributed by atoms with van der Waals surface area (Å²) in [6, 6.07) is 10.3. The number of hydrogen-bond donors (Lipinski definition) is 1. The van der Waals surface area contributed by atoms with Gasteiger partial charge in [0.2, 0.25) is 0 Å². The summed E-state index contributed by atoms with van der Waals surface area (Å²) in [5.41, 5.74) is 0.560. The third kappa shape index (κ3) is 2.35. The minimum absolute atomic E-state index is 0.0554. The van der Waals surface area contributed by atoms with E-state index in [4.69, 9.17) is 4.42 Å². The Morgan fingerprint density at radius 1 is 1.29 bits per heavy atom. The average Bonchev–Trinajstić information content (AvgIpc) is 3.00. The second kappa shape index (κ2) is 5.53. The number of hydrogen-bond acceptors (Lipinski definition) is 4. The molecule has 0 aliphatic carbocycles. The summed E-state index contributed by atoms with van der Waals surface area (Å²) in [6.45, 7) is 5.28. The van der Waals surface area contributed by atoms with Crippen LogP contribution in [0.1, 0.15) is 35.1 Å². The van der Waals surface area contributed by atoms with Crippen molar-refractivity contribution in [3.63, 3.8) is 0 Å². The van der Waals surface area contributed by atoms with Gasteiger partial charge in [-0.15, -0.1) is 0 Å². The van der Waals surface area contributed by atoms with Crippen molar-refractivity contribution in [3.8, 4) is 6.07 Å². The summed E-state index contributed by atoms with van der Waals surface area (Å²) in [5.74, 6) is 0.922. The molecular weight excluding hydrogens is 306 g/mol. The third-order valence-corrected chi connectivity index (χ3v) is 4.32. The first-order chi connectivity index (χ1) is 11.4. The van der Waals surface area contributed by atoms with E-state index in [1.165, 1.54) is 0 Å². The van der Waals surface area contributed by atoms with Crippen LogP contribution in [0.5, 0.6) is 0 Å². The Balaban J connectivity index is 1.95. The molecule has 1 fully saturated rings. The van der Waals surface area contributed by atoms with Gasteiger partial charge in [-0.25, -0.2) is 4.79 Å². The normalized spacial score (nSPS) is 20.2. The predicted octanol–water partition coefficient (Wildman–Crippen LogP) is 2.74. The summed E-state index contributed by atoms with van der Waals surface area (Å²) in [4.78, 5) is 26.4. The van der Waals surface area contributed by atoms with E-state index in [9.17, 15) is 14.9 Å². The molecule has 2 aromatic rings. The monoisotopic (exact) mass is 323 g/mol. The quantitative estimate of drug-likeness (QED) is 0.880. The van der Waals surface area contributed by atoms with Crippen LogP contribution in [0.2, 0.25) is 0 Å². The zero-order chi connectivity index (χ0) is 17.5. The highest BCUT2D eigenvalue weighted by atomic mass is 16.3. The number of amides is 3. The summed E-state index contributed by atoms with van der Waals surface area (Å²) >= 11 is 0. The van der Waals surface area contributed by atoms with Crippen molar-refractivity contribution in [1.82, 2.24) is 10.2 Å². The molecule has 3 amide bonds. The van der Waals surface area contributed by atoms with E-state index >= 15 is 0 Å². The first-order valence-corrected chi connectivity index (χ1v) is 7.56. The molecule has 3 rings (SSSR count). The molecule has 0 spiro atoms. The van der Waals surface area contributed by atoms with Crippen LogP contribution in [0.25, 0.3) is 0 Å². The molecular formula is C18H17N3O3. The standard InChI is InChI=1S/C18H17N3O3/c1-11-8-15(12(2)24-11)18(3)16(22)21(17(23)20-18)10-14-7-5-4-6-13(14)9-19/h4-8H,10H2,1-3H3,(H,20,23)/t18-/m0/s1. The van der Waals surface area contributed by atoms with Gasteiger partial charge in [0.15, 0.2) is 0 Å². The van der Waals surface area contributed by atoms with Gasteiger partial charge < -0.3 is 9.73 Å². The fraction of sp³-hybridized carbons (Fsp3) is 0.278. The van der Waals surface area contributed by atoms with E-state index in [-0.39, 0.29) is 12.5 Å². The zero-order valence-electron chi connectivity index (χ0n) is 13.7. The average molecular weight is 323 g/mol. The lowest BCUT2D eigenvalue weighted by Gasteiger charge is -2.21. The van der Waals surface area contributed by atoms with Gasteiger partial charge in [-0.05, 0) is 38.5 Å². The maximum atomic E-state index is 12.9. The summed E-state index contributed by atoms with van der Waals surface area (Å²) in [5, 5.41) is 11.9. The fourth-order valence-corrected chi connectivity index (χ4v) is 3.09. The van der Waals surface area contributed by atoms with E-state index < -0.39 is 11.6 Å². The van der Waals surface area contributed by atoms with Crippen LogP contribution >= 0.6 is 0 Å². The number of nitriles is 1. The number of imide groups is 1. The number of nitrogens with zero attached hydrogens (tertiary/aromatic N) is 2. The molecule has 1 N–H and O–H groups in total. The van der Waals surface area contributed by atoms with Crippen LogP contribution in [0.3, 0.4) is 0 Å². The van der Waals surface area contributed by atoms with Gasteiger partial charge in [0.05, 0.1) is 18.2 Å². The molecule has 1 aliphatic rings. The van der Waals surface area contributed by atoms with Gasteiger partial charge in [0.25, 0.3) is 5.91 Å². The van der Waals surface area contributed by atoms with Crippen LogP contribution in [-0.2, 0) is 16.9 Å². The molecule has 1 aliphatic heterocycles. The predicted molar refractivity (Wildman–Crippen MR) is 85.8 cm³/mol. The highest BCUT2D eigenvalue weighted by molar-refractivity contribution is 6.07. The van der Waals surface area contributed by atoms with Crippen molar-refractivity contribution >= 4 is 11.9 Å². The molecule has 0 bridgehead atoms. The number of carbonyl (C=O) groups excluding carboxylic acids is 2. The summed E-state index contributed by atoms with van der Waals surface area (Å²) in [6.07, 6.45) is 0. The van der Waals surface area contributed by atoms with Crippen LogP contribution in [0, 0.1) is 25.2 Å². The fourth-order valence-electron chi connectivity index (χ4n) is 3.09. The number of urea groups is 1. The number of benzene rings is 1. The molecule has 1 aromatic heterocycles. The Morgan fingerprint density at radius 3 is 2.62 bits per heavy atom. The molecule has 1 aromatic carbocycles. The second-order valence-corrected chi connectivity index (χ2v) is 6.04. The highest BCUT2D eigenvalue weighted by Gasteiger charge is 2.50. The number of aryl methyl sites for hydroxylation is 2. The number of rotatable bonds is 3. The van der Waals surface area contributed by atoms with Crippen molar-refractivity contribution in [1.29, 1.82) is 5.26 Å². The molecule has 0 unspecified atom stereocenters. The Hall–Kier alpha value is -3.07. The van der Waals surface area contributed by atoms with Crippen molar-refractivity contribution in [2.75, 3.05) is 0 Å². The minimum Gasteiger partial charge on any atom is -0.466 e. The van der Waals surface area contributed by atoms with E-state index in [0.29, 0.717) is 28.2 Å². The summed E-state index contributed by atoms with van der Waals surface area (Å²) in [7, 11) is 0. The third-order valence-electron chi connectivity index (χ3n) is 4.32. The highest BCUT2D eigenvalue weighted by Crippen LogP contribution is 2.33. The summed E-state index contributed by atoms with van der Waals surface area (Å²) < 4.78 is 5.50. The van der Waals surface area contributed by atoms with Crippen molar-refractivity contribution in [2.45, 2.75) is 32.9 Å². The topological polar surface area (TPSA) is 86.3 Å². The van der Waals surface area contributed by atoms with Crippen molar-refractivity contribution in [3.05, 3.63) is 58.5 Å². The largest absolute Gasteiger partial charge is 0.466 e. The zero-order valence-corrected chi connectivity index (χ0v) is 13.7. The lowest BCUT2D eigenvalue weighted by Crippen LogP contribution is -2.41. The van der Waals surface area contributed by atoms with Gasteiger partial charge in [-0.3, -0.25) is 9.69 Å². The SMILES string of the molecule is Cc1cc([C@]2(C)NC(=O)N(Cc3ccccc3C#N)C2=O)c(C)o1. The Labute approximate surface area is 139 Å². The van der Waals surface area contributed by atoms with Crippen LogP contribution < -0.4 is 5.32 Å². The molecule has 24 heavy (non-hydrogen) atoms. The molecule has 122 valence electrons. The number of furan rings is 1. The van der Waals surface area contributed by atoms with Crippen molar-refractivity contribution in [2.24, 2.45) is 0 Å². The number of nitrogens with one attached hydrogen (secondary N) is 1. The molecule has 1 saturated heterocycles. The Kier molecular flexibility index (Phi) is 3.64. The van der Waals surface area contributed by atoms with Gasteiger partial charge >= 0.3 is 6.03 Å². The molecule has 6 nitrogen and oxygen atoms in total. The minimum atomic E-state index is -1.17. The first kappa shape index (κ1) is 15.8. The van der Waals surface area contributed by atoms with Gasteiger partial charge in [-0.2, -0.15) is 5.26 Å². The number of carbonyl (C=O) groups is 2. The lowest BCUT2D eigenvalue weighted by atomic mass is 9.92. The maximum Gasteiger partial charge on any atom is 0.325 e. The molecule has 0 radical (unpaired) electrons. The second-order valence-electron chi connectivity index (χ2n) is 6.04. The molecule has 0 saturated carbocycles. The molecule has 2 heterocycles. The van der Waals surface area contributed by atoms with Crippen molar-refractivity contribution < 1.29 is 14.0 Å². The lowest BCUT2D eigenvalue weighted by molar-refractivity contribution is -0.131. The van der Waals surface area contributed by atoms with Gasteiger partial charge in [-0.1, -0.05) is 18.2 Å². The molecule has 1 atom stereocenters.